The third-order valence-electron chi connectivity index (χ3n) is 5.99. The van der Waals surface area contributed by atoms with Gasteiger partial charge in [-0.25, -0.2) is 0 Å². The lowest BCUT2D eigenvalue weighted by Gasteiger charge is -2.33. The largest absolute Gasteiger partial charge is 0.378 e. The Morgan fingerprint density at radius 2 is 2.00 bits per heavy atom. The summed E-state index contributed by atoms with van der Waals surface area (Å²) in [7, 11) is 0. The van der Waals surface area contributed by atoms with Crippen LogP contribution in [0.5, 0.6) is 0 Å². The van der Waals surface area contributed by atoms with Crippen LogP contribution in [0.4, 0.5) is 0 Å². The molecule has 1 amide bonds. The zero-order valence-electron chi connectivity index (χ0n) is 14.5. The van der Waals surface area contributed by atoms with E-state index < -0.39 is 0 Å². The lowest BCUT2D eigenvalue weighted by molar-refractivity contribution is -0.137. The van der Waals surface area contributed by atoms with Crippen molar-refractivity contribution in [2.24, 2.45) is 11.3 Å². The van der Waals surface area contributed by atoms with Gasteiger partial charge in [0.2, 0.25) is 5.91 Å². The average molecular weight is 329 g/mol. The minimum absolute atomic E-state index is 0.273. The molecule has 1 saturated carbocycles. The van der Waals surface area contributed by atoms with Crippen molar-refractivity contribution >= 4 is 5.91 Å². The van der Waals surface area contributed by atoms with Crippen molar-refractivity contribution in [3.8, 4) is 0 Å². The Hall–Kier alpha value is -1.46. The predicted octanol–water partition coefficient (Wildman–Crippen LogP) is 1.85. The Balaban J connectivity index is 1.29. The third kappa shape index (κ3) is 3.20. The number of amides is 1. The normalized spacial score (nSPS) is 26.5. The zero-order chi connectivity index (χ0) is 16.6. The molecule has 2 saturated heterocycles. The van der Waals surface area contributed by atoms with Crippen molar-refractivity contribution in [1.29, 1.82) is 0 Å². The van der Waals surface area contributed by atoms with E-state index in [0.717, 1.165) is 63.4 Å². The molecule has 0 aromatic carbocycles. The second kappa shape index (κ2) is 6.45. The summed E-state index contributed by atoms with van der Waals surface area (Å²) in [6.45, 7) is 8.09. The highest BCUT2D eigenvalue weighted by Gasteiger charge is 2.59. The highest BCUT2D eigenvalue weighted by atomic mass is 16.5. The SMILES string of the molecule is Cc1cccc(CN2CCC3(CC2)C[C@H]3C(=O)N2CCOCC2)n1. The fourth-order valence-corrected chi connectivity index (χ4v) is 4.33. The van der Waals surface area contributed by atoms with Crippen LogP contribution in [-0.4, -0.2) is 60.1 Å². The highest BCUT2D eigenvalue weighted by molar-refractivity contribution is 5.82. The van der Waals surface area contributed by atoms with Crippen LogP contribution >= 0.6 is 0 Å². The molecule has 3 heterocycles. The number of piperidine rings is 1. The topological polar surface area (TPSA) is 45.7 Å². The molecule has 1 atom stereocenters. The summed E-state index contributed by atoms with van der Waals surface area (Å²) >= 11 is 0. The Labute approximate surface area is 144 Å². The molecular weight excluding hydrogens is 302 g/mol. The zero-order valence-corrected chi connectivity index (χ0v) is 14.5. The van der Waals surface area contributed by atoms with E-state index in [1.807, 2.05) is 17.9 Å². The van der Waals surface area contributed by atoms with Gasteiger partial charge >= 0.3 is 0 Å². The predicted molar refractivity (Wildman–Crippen MR) is 91.4 cm³/mol. The number of morpholine rings is 1. The van der Waals surface area contributed by atoms with Crippen LogP contribution in [0.1, 0.15) is 30.7 Å². The Kier molecular flexibility index (Phi) is 4.31. The maximum absolute atomic E-state index is 12.7. The maximum Gasteiger partial charge on any atom is 0.226 e. The van der Waals surface area contributed by atoms with Crippen LogP contribution in [0.25, 0.3) is 0 Å². The average Bonchev–Trinajstić information content (AvgIpc) is 3.31. The van der Waals surface area contributed by atoms with Gasteiger partial charge in [0, 0.05) is 31.2 Å². The van der Waals surface area contributed by atoms with Gasteiger partial charge < -0.3 is 9.64 Å². The first kappa shape index (κ1) is 16.0. The molecule has 130 valence electrons. The molecule has 0 bridgehead atoms. The minimum atomic E-state index is 0.273. The summed E-state index contributed by atoms with van der Waals surface area (Å²) < 4.78 is 5.36. The molecule has 1 aromatic heterocycles. The number of hydrogen-bond donors (Lipinski definition) is 0. The summed E-state index contributed by atoms with van der Waals surface area (Å²) in [4.78, 5) is 21.8. The van der Waals surface area contributed by atoms with Crippen molar-refractivity contribution in [2.75, 3.05) is 39.4 Å². The number of carbonyl (C=O) groups is 1. The van der Waals surface area contributed by atoms with E-state index in [2.05, 4.69) is 22.0 Å². The molecule has 0 unspecified atom stereocenters. The number of carbonyl (C=O) groups excluding carboxylic acids is 1. The van der Waals surface area contributed by atoms with Crippen molar-refractivity contribution in [3.05, 3.63) is 29.6 Å². The second-order valence-electron chi connectivity index (χ2n) is 7.60. The van der Waals surface area contributed by atoms with Crippen LogP contribution in [0.2, 0.25) is 0 Å². The molecule has 2 aliphatic heterocycles. The number of aromatic nitrogens is 1. The molecule has 5 heteroatoms. The van der Waals surface area contributed by atoms with E-state index in [4.69, 9.17) is 4.74 Å². The van der Waals surface area contributed by atoms with E-state index >= 15 is 0 Å². The molecule has 5 nitrogen and oxygen atoms in total. The molecule has 1 aliphatic carbocycles. The summed E-state index contributed by atoms with van der Waals surface area (Å²) in [5, 5.41) is 0. The minimum Gasteiger partial charge on any atom is -0.378 e. The van der Waals surface area contributed by atoms with Crippen molar-refractivity contribution < 1.29 is 9.53 Å². The number of nitrogens with zero attached hydrogens (tertiary/aromatic N) is 3. The molecule has 3 aliphatic rings. The van der Waals surface area contributed by atoms with E-state index in [9.17, 15) is 4.79 Å². The summed E-state index contributed by atoms with van der Waals surface area (Å²) in [6.07, 6.45) is 3.40. The van der Waals surface area contributed by atoms with Gasteiger partial charge in [-0.15, -0.1) is 0 Å². The second-order valence-corrected chi connectivity index (χ2v) is 7.60. The van der Waals surface area contributed by atoms with Gasteiger partial charge in [-0.2, -0.15) is 0 Å². The van der Waals surface area contributed by atoms with Crippen LogP contribution in [0.15, 0.2) is 18.2 Å². The van der Waals surface area contributed by atoms with Crippen LogP contribution in [-0.2, 0) is 16.1 Å². The van der Waals surface area contributed by atoms with E-state index in [1.165, 1.54) is 0 Å². The molecule has 3 fully saturated rings. The van der Waals surface area contributed by atoms with Crippen LogP contribution in [0.3, 0.4) is 0 Å². The summed E-state index contributed by atoms with van der Waals surface area (Å²) in [6, 6.07) is 6.24. The van der Waals surface area contributed by atoms with Crippen LogP contribution in [0, 0.1) is 18.3 Å². The van der Waals surface area contributed by atoms with Gasteiger partial charge in [0.1, 0.15) is 0 Å². The molecular formula is C19H27N3O2. The standard InChI is InChI=1S/C19H27N3O2/c1-15-3-2-4-16(20-15)14-21-7-5-19(6-8-21)13-17(19)18(23)22-9-11-24-12-10-22/h2-4,17H,5-14H2,1H3/t17-/m0/s1. The summed E-state index contributed by atoms with van der Waals surface area (Å²) in [5.74, 6) is 0.655. The Morgan fingerprint density at radius 3 is 2.71 bits per heavy atom. The molecule has 4 rings (SSSR count). The highest BCUT2D eigenvalue weighted by Crippen LogP contribution is 2.60. The Morgan fingerprint density at radius 1 is 1.25 bits per heavy atom. The van der Waals surface area contributed by atoms with Gasteiger partial charge in [0.15, 0.2) is 0 Å². The third-order valence-corrected chi connectivity index (χ3v) is 5.99. The van der Waals surface area contributed by atoms with Crippen LogP contribution < -0.4 is 0 Å². The fraction of sp³-hybridized carbons (Fsp3) is 0.684. The smallest absolute Gasteiger partial charge is 0.226 e. The lowest BCUT2D eigenvalue weighted by Crippen LogP contribution is -2.43. The molecule has 1 aromatic rings. The van der Waals surface area contributed by atoms with Gasteiger partial charge in [-0.3, -0.25) is 14.7 Å². The monoisotopic (exact) mass is 329 g/mol. The molecule has 0 radical (unpaired) electrons. The first-order valence-electron chi connectivity index (χ1n) is 9.18. The van der Waals surface area contributed by atoms with E-state index in [-0.39, 0.29) is 5.92 Å². The number of rotatable bonds is 3. The quantitative estimate of drug-likeness (QED) is 0.849. The Bertz CT molecular complexity index is 604. The van der Waals surface area contributed by atoms with Gasteiger partial charge in [0.05, 0.1) is 18.9 Å². The molecule has 0 N–H and O–H groups in total. The first-order chi connectivity index (χ1) is 11.7. The maximum atomic E-state index is 12.7. The van der Waals surface area contributed by atoms with Gasteiger partial charge in [0.25, 0.3) is 0 Å². The molecule has 24 heavy (non-hydrogen) atoms. The van der Waals surface area contributed by atoms with E-state index in [1.54, 1.807) is 0 Å². The molecule has 1 spiro atoms. The lowest BCUT2D eigenvalue weighted by atomic mass is 9.90. The van der Waals surface area contributed by atoms with Gasteiger partial charge in [-0.05, 0) is 56.8 Å². The number of aryl methyl sites for hydroxylation is 1. The number of hydrogen-bond acceptors (Lipinski definition) is 4. The first-order valence-corrected chi connectivity index (χ1v) is 9.18. The van der Waals surface area contributed by atoms with Crippen molar-refractivity contribution in [3.63, 3.8) is 0 Å². The van der Waals surface area contributed by atoms with Gasteiger partial charge in [-0.1, -0.05) is 6.07 Å². The fourth-order valence-electron chi connectivity index (χ4n) is 4.33. The van der Waals surface area contributed by atoms with Crippen molar-refractivity contribution in [2.45, 2.75) is 32.7 Å². The number of ether oxygens (including phenoxy) is 1. The number of pyridine rings is 1. The van der Waals surface area contributed by atoms with E-state index in [0.29, 0.717) is 24.5 Å². The summed E-state index contributed by atoms with van der Waals surface area (Å²) in [5.41, 5.74) is 2.54. The number of likely N-dealkylation sites (tertiary alicyclic amines) is 1. The van der Waals surface area contributed by atoms with Crippen molar-refractivity contribution in [1.82, 2.24) is 14.8 Å².